The maximum Gasteiger partial charge on any atom is 0.315 e. The second-order valence-electron chi connectivity index (χ2n) is 4.95. The molecule has 5 nitrogen and oxygen atoms in total. The number of carbonyl (C=O) groups excluding carboxylic acids is 1. The molecule has 0 unspecified atom stereocenters. The molecule has 0 aliphatic heterocycles. The topological polar surface area (TPSA) is 78.4 Å². The van der Waals surface area contributed by atoms with Gasteiger partial charge in [-0.3, -0.25) is 4.79 Å². The van der Waals surface area contributed by atoms with Crippen molar-refractivity contribution >= 4 is 23.3 Å². The molecular weight excluding hydrogens is 264 g/mol. The molecule has 0 aliphatic rings. The van der Waals surface area contributed by atoms with Crippen molar-refractivity contribution in [1.29, 1.82) is 0 Å². The molecule has 0 saturated heterocycles. The number of aliphatic carboxylic acids is 1. The number of carbonyl (C=O) groups is 2. The van der Waals surface area contributed by atoms with Crippen molar-refractivity contribution in [2.24, 2.45) is 5.41 Å². The fourth-order valence-corrected chi connectivity index (χ4v) is 2.35. The molecular formula is C13H20N2O3S. The number of urea groups is 1. The van der Waals surface area contributed by atoms with E-state index >= 15 is 0 Å². The van der Waals surface area contributed by atoms with E-state index in [2.05, 4.69) is 17.6 Å². The Kier molecular flexibility index (Phi) is 5.35. The van der Waals surface area contributed by atoms with Gasteiger partial charge >= 0.3 is 12.0 Å². The Bertz CT molecular complexity index is 454. The largest absolute Gasteiger partial charge is 0.481 e. The van der Waals surface area contributed by atoms with Crippen LogP contribution < -0.4 is 10.6 Å². The third-order valence-corrected chi connectivity index (χ3v) is 3.86. The minimum atomic E-state index is -0.963. The molecule has 19 heavy (non-hydrogen) atoms. The predicted molar refractivity (Wildman–Crippen MR) is 75.4 cm³/mol. The van der Waals surface area contributed by atoms with Crippen LogP contribution in [0.3, 0.4) is 0 Å². The van der Waals surface area contributed by atoms with Gasteiger partial charge in [-0.2, -0.15) is 0 Å². The quantitative estimate of drug-likeness (QED) is 0.749. The summed E-state index contributed by atoms with van der Waals surface area (Å²) in [5.74, 6) is -0.931. The van der Waals surface area contributed by atoms with Crippen LogP contribution in [0, 0.1) is 5.41 Å². The molecule has 6 heteroatoms. The van der Waals surface area contributed by atoms with E-state index in [0.717, 1.165) is 11.3 Å². The molecule has 1 rings (SSSR count). The van der Waals surface area contributed by atoms with Crippen LogP contribution in [0.1, 0.15) is 31.2 Å². The number of aryl methyl sites for hydroxylation is 1. The fourth-order valence-electron chi connectivity index (χ4n) is 1.44. The third-order valence-electron chi connectivity index (χ3n) is 2.90. The highest BCUT2D eigenvalue weighted by atomic mass is 32.1. The number of carboxylic acids is 1. The molecule has 0 spiro atoms. The van der Waals surface area contributed by atoms with Crippen molar-refractivity contribution in [1.82, 2.24) is 10.6 Å². The van der Waals surface area contributed by atoms with Gasteiger partial charge < -0.3 is 15.7 Å². The number of nitrogens with one attached hydrogen (secondary N) is 2. The highest BCUT2D eigenvalue weighted by molar-refractivity contribution is 7.10. The number of hydrogen-bond donors (Lipinski definition) is 3. The number of carboxylic acid groups (broad SMARTS) is 1. The Morgan fingerprint density at radius 2 is 2.05 bits per heavy atom. The zero-order chi connectivity index (χ0) is 14.5. The molecule has 2 amide bonds. The molecule has 0 aromatic carbocycles. The van der Waals surface area contributed by atoms with Crippen LogP contribution in [0.25, 0.3) is 0 Å². The molecule has 0 radical (unpaired) electrons. The summed E-state index contributed by atoms with van der Waals surface area (Å²) in [6, 6.07) is 1.71. The molecule has 1 aromatic heterocycles. The second kappa shape index (κ2) is 6.56. The van der Waals surface area contributed by atoms with Gasteiger partial charge in [-0.1, -0.05) is 6.92 Å². The Balaban J connectivity index is 2.39. The van der Waals surface area contributed by atoms with E-state index in [4.69, 9.17) is 5.11 Å². The van der Waals surface area contributed by atoms with Gasteiger partial charge in [0.15, 0.2) is 0 Å². The fraction of sp³-hybridized carbons (Fsp3) is 0.538. The first-order valence-electron chi connectivity index (χ1n) is 6.17. The van der Waals surface area contributed by atoms with Crippen molar-refractivity contribution < 1.29 is 14.7 Å². The first-order valence-corrected chi connectivity index (χ1v) is 7.05. The molecule has 0 bridgehead atoms. The summed E-state index contributed by atoms with van der Waals surface area (Å²) in [5.41, 5.74) is 0.269. The van der Waals surface area contributed by atoms with Crippen molar-refractivity contribution in [2.45, 2.75) is 33.7 Å². The molecule has 0 fully saturated rings. The average Bonchev–Trinajstić information content (AvgIpc) is 2.81. The molecule has 1 aromatic rings. The monoisotopic (exact) mass is 284 g/mol. The Hall–Kier alpha value is -1.56. The van der Waals surface area contributed by atoms with E-state index in [0.29, 0.717) is 6.54 Å². The molecule has 0 atom stereocenters. The van der Waals surface area contributed by atoms with Gasteiger partial charge in [0.1, 0.15) is 0 Å². The number of amides is 2. The molecule has 3 N–H and O–H groups in total. The highest BCUT2D eigenvalue weighted by Gasteiger charge is 2.27. The zero-order valence-corrected chi connectivity index (χ0v) is 12.3. The summed E-state index contributed by atoms with van der Waals surface area (Å²) >= 11 is 1.61. The molecule has 0 saturated carbocycles. The maximum absolute atomic E-state index is 11.6. The lowest BCUT2D eigenvalue weighted by Crippen LogP contribution is -2.43. The van der Waals surface area contributed by atoms with Crippen molar-refractivity contribution in [3.63, 3.8) is 0 Å². The molecule has 106 valence electrons. The summed E-state index contributed by atoms with van der Waals surface area (Å²) < 4.78 is 0. The first-order chi connectivity index (χ1) is 8.86. The Morgan fingerprint density at radius 3 is 2.63 bits per heavy atom. The van der Waals surface area contributed by atoms with E-state index in [1.54, 1.807) is 25.2 Å². The highest BCUT2D eigenvalue weighted by Crippen LogP contribution is 2.17. The smallest absolute Gasteiger partial charge is 0.315 e. The van der Waals surface area contributed by atoms with Crippen LogP contribution in [0.4, 0.5) is 4.79 Å². The van der Waals surface area contributed by atoms with E-state index in [1.165, 1.54) is 5.56 Å². The van der Waals surface area contributed by atoms with Crippen LogP contribution in [0.5, 0.6) is 0 Å². The minimum absolute atomic E-state index is 0.0965. The van der Waals surface area contributed by atoms with E-state index in [9.17, 15) is 9.59 Å². The number of rotatable bonds is 6. The van der Waals surface area contributed by atoms with Gasteiger partial charge in [-0.05, 0) is 37.3 Å². The molecule has 0 aliphatic carbocycles. The summed E-state index contributed by atoms with van der Waals surface area (Å²) in [6.07, 6.45) is 0.939. The predicted octanol–water partition coefficient (Wildman–Crippen LogP) is 2.22. The summed E-state index contributed by atoms with van der Waals surface area (Å²) in [4.78, 5) is 23.6. The lowest BCUT2D eigenvalue weighted by atomic mass is 9.94. The summed E-state index contributed by atoms with van der Waals surface area (Å²) in [5, 5.41) is 16.3. The van der Waals surface area contributed by atoms with Gasteiger partial charge in [-0.25, -0.2) is 4.79 Å². The first kappa shape index (κ1) is 15.5. The Labute approximate surface area is 117 Å². The zero-order valence-electron chi connectivity index (χ0n) is 11.4. The van der Waals surface area contributed by atoms with Gasteiger partial charge in [0.25, 0.3) is 0 Å². The van der Waals surface area contributed by atoms with Crippen LogP contribution in [0.15, 0.2) is 11.4 Å². The third kappa shape index (κ3) is 4.55. The number of thiophene rings is 1. The van der Waals surface area contributed by atoms with Crippen LogP contribution in [-0.4, -0.2) is 23.7 Å². The van der Waals surface area contributed by atoms with E-state index in [1.807, 2.05) is 11.4 Å². The van der Waals surface area contributed by atoms with E-state index < -0.39 is 11.4 Å². The lowest BCUT2D eigenvalue weighted by molar-refractivity contribution is -0.146. The maximum atomic E-state index is 11.6. The average molecular weight is 284 g/mol. The SMILES string of the molecule is CCc1ccsc1CNC(=O)NCC(C)(C)C(=O)O. The van der Waals surface area contributed by atoms with Gasteiger partial charge in [-0.15, -0.1) is 11.3 Å². The van der Waals surface area contributed by atoms with Gasteiger partial charge in [0.2, 0.25) is 0 Å². The second-order valence-corrected chi connectivity index (χ2v) is 5.95. The van der Waals surface area contributed by atoms with Crippen LogP contribution >= 0.6 is 11.3 Å². The standard InChI is InChI=1S/C13H20N2O3S/c1-4-9-5-6-19-10(9)7-14-12(18)15-8-13(2,3)11(16)17/h5-6H,4,7-8H2,1-3H3,(H,16,17)(H2,14,15,18). The van der Waals surface area contributed by atoms with Gasteiger partial charge in [0.05, 0.1) is 12.0 Å². The van der Waals surface area contributed by atoms with Crippen molar-refractivity contribution in [3.8, 4) is 0 Å². The summed E-state index contributed by atoms with van der Waals surface area (Å²) in [6.45, 7) is 5.79. The lowest BCUT2D eigenvalue weighted by Gasteiger charge is -2.19. The molecule has 1 heterocycles. The Morgan fingerprint density at radius 1 is 1.37 bits per heavy atom. The van der Waals surface area contributed by atoms with Crippen molar-refractivity contribution in [2.75, 3.05) is 6.54 Å². The normalized spacial score (nSPS) is 11.1. The minimum Gasteiger partial charge on any atom is -0.481 e. The van der Waals surface area contributed by atoms with Crippen LogP contribution in [-0.2, 0) is 17.8 Å². The number of hydrogen-bond acceptors (Lipinski definition) is 3. The van der Waals surface area contributed by atoms with E-state index in [-0.39, 0.29) is 12.6 Å². The van der Waals surface area contributed by atoms with Crippen LogP contribution in [0.2, 0.25) is 0 Å². The van der Waals surface area contributed by atoms with Gasteiger partial charge in [0, 0.05) is 11.4 Å². The summed E-state index contributed by atoms with van der Waals surface area (Å²) in [7, 11) is 0. The van der Waals surface area contributed by atoms with Crippen molar-refractivity contribution in [3.05, 3.63) is 21.9 Å².